The number of nitriles is 1. The van der Waals surface area contributed by atoms with Gasteiger partial charge in [0.05, 0.1) is 18.2 Å². The van der Waals surface area contributed by atoms with Crippen molar-refractivity contribution < 1.29 is 4.52 Å². The Morgan fingerprint density at radius 1 is 1.11 bits per heavy atom. The normalized spacial score (nSPS) is 10.3. The Hall–Kier alpha value is -2.80. The molecule has 3 aromatic rings. The number of nitrogens with zero attached hydrogens (tertiary/aromatic N) is 2. The van der Waals surface area contributed by atoms with E-state index in [0.717, 1.165) is 22.2 Å². The summed E-state index contributed by atoms with van der Waals surface area (Å²) < 4.78 is 4.79. The Bertz CT molecular complexity index is 742. The molecule has 19 heavy (non-hydrogen) atoms. The lowest BCUT2D eigenvalue weighted by Crippen LogP contribution is -2.00. The van der Waals surface area contributed by atoms with Crippen molar-refractivity contribution in [3.63, 3.8) is 0 Å². The van der Waals surface area contributed by atoms with Crippen LogP contribution in [0.2, 0.25) is 0 Å². The maximum atomic E-state index is 9.11. The van der Waals surface area contributed by atoms with Gasteiger partial charge in [0, 0.05) is 22.5 Å². The molecule has 0 saturated heterocycles. The van der Waals surface area contributed by atoms with Gasteiger partial charge in [-0.1, -0.05) is 29.4 Å². The minimum atomic E-state index is 0.590. The molecule has 0 bridgehead atoms. The number of hydrogen-bond acceptors (Lipinski definition) is 4. The summed E-state index contributed by atoms with van der Waals surface area (Å²) in [5, 5.41) is 18.3. The molecule has 0 amide bonds. The van der Waals surface area contributed by atoms with Crippen LogP contribution in [0.25, 0.3) is 10.8 Å². The average molecular weight is 249 g/mol. The molecular weight excluding hydrogens is 238 g/mol. The number of rotatable bonds is 3. The Morgan fingerprint density at radius 3 is 2.68 bits per heavy atom. The van der Waals surface area contributed by atoms with E-state index in [-0.39, 0.29) is 0 Å². The van der Waals surface area contributed by atoms with Crippen molar-refractivity contribution >= 4 is 16.5 Å². The molecule has 0 saturated carbocycles. The molecule has 0 fully saturated rings. The molecule has 92 valence electrons. The van der Waals surface area contributed by atoms with Gasteiger partial charge in [0.15, 0.2) is 0 Å². The van der Waals surface area contributed by atoms with Crippen LogP contribution in [0.3, 0.4) is 0 Å². The van der Waals surface area contributed by atoms with Crippen molar-refractivity contribution in [1.82, 2.24) is 5.16 Å². The van der Waals surface area contributed by atoms with Gasteiger partial charge >= 0.3 is 0 Å². The monoisotopic (exact) mass is 249 g/mol. The third-order valence-corrected chi connectivity index (χ3v) is 3.00. The van der Waals surface area contributed by atoms with Crippen molar-refractivity contribution in [1.29, 1.82) is 5.26 Å². The van der Waals surface area contributed by atoms with E-state index in [2.05, 4.69) is 16.5 Å². The average Bonchev–Trinajstić information content (AvgIpc) is 2.98. The van der Waals surface area contributed by atoms with Gasteiger partial charge in [-0.05, 0) is 12.1 Å². The molecule has 0 aliphatic rings. The molecule has 3 rings (SSSR count). The second kappa shape index (κ2) is 4.83. The van der Waals surface area contributed by atoms with Gasteiger partial charge in [-0.15, -0.1) is 0 Å². The van der Waals surface area contributed by atoms with Gasteiger partial charge < -0.3 is 9.84 Å². The van der Waals surface area contributed by atoms with Crippen LogP contribution in [-0.4, -0.2) is 5.16 Å². The SMILES string of the molecule is N#Cc1ccc(NCc2ccon2)c2ccccc12. The lowest BCUT2D eigenvalue weighted by Gasteiger charge is -2.09. The lowest BCUT2D eigenvalue weighted by molar-refractivity contribution is 0.412. The highest BCUT2D eigenvalue weighted by Gasteiger charge is 2.05. The molecule has 0 spiro atoms. The topological polar surface area (TPSA) is 61.9 Å². The van der Waals surface area contributed by atoms with Gasteiger partial charge in [0.2, 0.25) is 0 Å². The molecular formula is C15H11N3O. The number of hydrogen-bond donors (Lipinski definition) is 1. The van der Waals surface area contributed by atoms with Crippen molar-refractivity contribution in [2.24, 2.45) is 0 Å². The van der Waals surface area contributed by atoms with Crippen molar-refractivity contribution in [2.45, 2.75) is 6.54 Å². The van der Waals surface area contributed by atoms with Crippen LogP contribution < -0.4 is 5.32 Å². The molecule has 4 nitrogen and oxygen atoms in total. The van der Waals surface area contributed by atoms with Crippen LogP contribution in [0.1, 0.15) is 11.3 Å². The minimum absolute atomic E-state index is 0.590. The number of benzene rings is 2. The fourth-order valence-electron chi connectivity index (χ4n) is 2.07. The first-order valence-electron chi connectivity index (χ1n) is 5.93. The zero-order valence-electron chi connectivity index (χ0n) is 10.1. The van der Waals surface area contributed by atoms with Gasteiger partial charge in [-0.2, -0.15) is 5.26 Å². The predicted octanol–water partition coefficient (Wildman–Crippen LogP) is 3.31. The van der Waals surface area contributed by atoms with E-state index in [1.54, 1.807) is 6.26 Å². The van der Waals surface area contributed by atoms with Crippen LogP contribution in [0.15, 0.2) is 53.3 Å². The summed E-state index contributed by atoms with van der Waals surface area (Å²) >= 11 is 0. The van der Waals surface area contributed by atoms with Crippen molar-refractivity contribution in [3.8, 4) is 6.07 Å². The molecule has 0 atom stereocenters. The summed E-state index contributed by atoms with van der Waals surface area (Å²) in [4.78, 5) is 0. The Kier molecular flexibility index (Phi) is 2.87. The molecule has 4 heteroatoms. The van der Waals surface area contributed by atoms with Crippen molar-refractivity contribution in [3.05, 3.63) is 60.0 Å². The number of anilines is 1. The van der Waals surface area contributed by atoms with Crippen molar-refractivity contribution in [2.75, 3.05) is 5.32 Å². The molecule has 2 aromatic carbocycles. The highest BCUT2D eigenvalue weighted by molar-refractivity contribution is 5.97. The third kappa shape index (κ3) is 2.14. The molecule has 0 radical (unpaired) electrons. The van der Waals surface area contributed by atoms with Gasteiger partial charge in [-0.25, -0.2) is 0 Å². The first kappa shape index (κ1) is 11.3. The molecule has 1 aromatic heterocycles. The second-order valence-corrected chi connectivity index (χ2v) is 4.16. The largest absolute Gasteiger partial charge is 0.379 e. The lowest BCUT2D eigenvalue weighted by atomic mass is 10.0. The van der Waals surface area contributed by atoms with E-state index < -0.39 is 0 Å². The van der Waals surface area contributed by atoms with E-state index >= 15 is 0 Å². The van der Waals surface area contributed by atoms with Gasteiger partial charge in [0.1, 0.15) is 12.0 Å². The Balaban J connectivity index is 1.98. The smallest absolute Gasteiger partial charge is 0.124 e. The fraction of sp³-hybridized carbons (Fsp3) is 0.0667. The predicted molar refractivity (Wildman–Crippen MR) is 72.5 cm³/mol. The van der Waals surface area contributed by atoms with E-state index in [9.17, 15) is 0 Å². The molecule has 1 N–H and O–H groups in total. The zero-order valence-corrected chi connectivity index (χ0v) is 10.1. The Morgan fingerprint density at radius 2 is 1.95 bits per heavy atom. The quantitative estimate of drug-likeness (QED) is 0.773. The first-order chi connectivity index (χ1) is 9.38. The summed E-state index contributed by atoms with van der Waals surface area (Å²) in [6.45, 7) is 0.590. The number of aromatic nitrogens is 1. The fourth-order valence-corrected chi connectivity index (χ4v) is 2.07. The summed E-state index contributed by atoms with van der Waals surface area (Å²) in [7, 11) is 0. The number of nitrogens with one attached hydrogen (secondary N) is 1. The molecule has 0 unspecified atom stereocenters. The maximum Gasteiger partial charge on any atom is 0.124 e. The van der Waals surface area contributed by atoms with Gasteiger partial charge in [-0.3, -0.25) is 0 Å². The third-order valence-electron chi connectivity index (χ3n) is 3.00. The summed E-state index contributed by atoms with van der Waals surface area (Å²) in [5.41, 5.74) is 2.51. The van der Waals surface area contributed by atoms with E-state index in [0.29, 0.717) is 12.1 Å². The van der Waals surface area contributed by atoms with E-state index in [1.165, 1.54) is 0 Å². The Labute approximate surface area is 110 Å². The standard InChI is InChI=1S/C15H11N3O/c16-9-11-5-6-15(14-4-2-1-3-13(11)14)17-10-12-7-8-19-18-12/h1-8,17H,10H2. The van der Waals surface area contributed by atoms with Crippen LogP contribution in [0.5, 0.6) is 0 Å². The summed E-state index contributed by atoms with van der Waals surface area (Å²) in [5.74, 6) is 0. The molecule has 0 aliphatic heterocycles. The number of fused-ring (bicyclic) bond motifs is 1. The van der Waals surface area contributed by atoms with Gasteiger partial charge in [0.25, 0.3) is 0 Å². The van der Waals surface area contributed by atoms with Crippen LogP contribution in [-0.2, 0) is 6.54 Å². The van der Waals surface area contributed by atoms with E-state index in [4.69, 9.17) is 9.78 Å². The highest BCUT2D eigenvalue weighted by Crippen LogP contribution is 2.26. The van der Waals surface area contributed by atoms with Crippen LogP contribution in [0.4, 0.5) is 5.69 Å². The van der Waals surface area contributed by atoms with Crippen LogP contribution >= 0.6 is 0 Å². The zero-order chi connectivity index (χ0) is 13.1. The molecule has 1 heterocycles. The minimum Gasteiger partial charge on any atom is -0.379 e. The van der Waals surface area contributed by atoms with E-state index in [1.807, 2.05) is 42.5 Å². The first-order valence-corrected chi connectivity index (χ1v) is 5.93. The highest BCUT2D eigenvalue weighted by atomic mass is 16.5. The maximum absolute atomic E-state index is 9.11. The summed E-state index contributed by atoms with van der Waals surface area (Å²) in [6.07, 6.45) is 1.55. The summed E-state index contributed by atoms with van der Waals surface area (Å²) in [6, 6.07) is 15.6. The van der Waals surface area contributed by atoms with Crippen LogP contribution in [0, 0.1) is 11.3 Å². The second-order valence-electron chi connectivity index (χ2n) is 4.16. The molecule has 0 aliphatic carbocycles.